The van der Waals surface area contributed by atoms with Gasteiger partial charge in [0.2, 0.25) is 0 Å². The number of halogens is 1. The molecule has 0 aliphatic carbocycles. The molecule has 0 saturated carbocycles. The van der Waals surface area contributed by atoms with Gasteiger partial charge in [-0.15, -0.1) is 0 Å². The van der Waals surface area contributed by atoms with Crippen LogP contribution in [0.2, 0.25) is 0 Å². The third kappa shape index (κ3) is 1.59. The van der Waals surface area contributed by atoms with Crippen LogP contribution >= 0.6 is 0 Å². The number of hydrogen-bond acceptors (Lipinski definition) is 3. The van der Waals surface area contributed by atoms with E-state index >= 15 is 0 Å². The number of anilines is 1. The molecule has 1 aromatic rings. The topological polar surface area (TPSA) is 47.3 Å². The molecule has 0 unspecified atom stereocenters. The first-order valence-electron chi connectivity index (χ1n) is 3.08. The Balaban J connectivity index is 3.06. The first kappa shape index (κ1) is 7.81. The van der Waals surface area contributed by atoms with E-state index in [-0.39, 0.29) is 5.82 Å². The second kappa shape index (κ2) is 3.21. The molecule has 0 aliphatic rings. The van der Waals surface area contributed by atoms with E-state index in [1.807, 2.05) is 0 Å². The molecule has 0 radical (unpaired) electrons. The van der Waals surface area contributed by atoms with E-state index in [4.69, 9.17) is 10.6 Å². The minimum Gasteiger partial charge on any atom is -0.494 e. The molecule has 0 saturated heterocycles. The third-order valence-electron chi connectivity index (χ3n) is 1.32. The lowest BCUT2D eigenvalue weighted by atomic mass is 10.3. The highest BCUT2D eigenvalue weighted by Crippen LogP contribution is 2.23. The van der Waals surface area contributed by atoms with E-state index < -0.39 is 0 Å². The molecule has 1 aromatic carbocycles. The standard InChI is InChI=1S/C7H9FN2O/c1-11-7-4-5(8)2-3-6(7)10-9/h2-4,10H,9H2,1H3. The zero-order valence-corrected chi connectivity index (χ0v) is 6.10. The largest absolute Gasteiger partial charge is 0.494 e. The van der Waals surface area contributed by atoms with Gasteiger partial charge in [0.15, 0.2) is 0 Å². The Morgan fingerprint density at radius 2 is 2.27 bits per heavy atom. The summed E-state index contributed by atoms with van der Waals surface area (Å²) < 4.78 is 17.4. The molecule has 3 N–H and O–H groups in total. The monoisotopic (exact) mass is 156 g/mol. The SMILES string of the molecule is COc1cc(F)ccc1NN. The Morgan fingerprint density at radius 1 is 1.55 bits per heavy atom. The molecule has 0 atom stereocenters. The quantitative estimate of drug-likeness (QED) is 0.498. The van der Waals surface area contributed by atoms with E-state index in [1.165, 1.54) is 25.3 Å². The normalized spacial score (nSPS) is 9.36. The van der Waals surface area contributed by atoms with E-state index in [9.17, 15) is 4.39 Å². The fourth-order valence-corrected chi connectivity index (χ4v) is 0.784. The van der Waals surface area contributed by atoms with Crippen molar-refractivity contribution >= 4 is 5.69 Å². The Kier molecular flexibility index (Phi) is 2.28. The highest BCUT2D eigenvalue weighted by molar-refractivity contribution is 5.55. The molecule has 0 aromatic heterocycles. The van der Waals surface area contributed by atoms with Crippen molar-refractivity contribution in [1.82, 2.24) is 0 Å². The average molecular weight is 156 g/mol. The zero-order chi connectivity index (χ0) is 8.27. The van der Waals surface area contributed by atoms with Gasteiger partial charge in [0.1, 0.15) is 11.6 Å². The summed E-state index contributed by atoms with van der Waals surface area (Å²) in [5.74, 6) is 5.17. The van der Waals surface area contributed by atoms with Gasteiger partial charge in [0, 0.05) is 6.07 Å². The number of nitrogens with two attached hydrogens (primary N) is 1. The lowest BCUT2D eigenvalue weighted by molar-refractivity contribution is 0.413. The van der Waals surface area contributed by atoms with Gasteiger partial charge in [-0.2, -0.15) is 0 Å². The van der Waals surface area contributed by atoms with Crippen LogP contribution in [0.25, 0.3) is 0 Å². The lowest BCUT2D eigenvalue weighted by Gasteiger charge is -2.06. The van der Waals surface area contributed by atoms with E-state index in [0.717, 1.165) is 0 Å². The number of hydrogen-bond donors (Lipinski definition) is 2. The first-order chi connectivity index (χ1) is 5.27. The molecule has 11 heavy (non-hydrogen) atoms. The van der Waals surface area contributed by atoms with Crippen LogP contribution in [0.4, 0.5) is 10.1 Å². The van der Waals surface area contributed by atoms with Crippen molar-refractivity contribution in [2.75, 3.05) is 12.5 Å². The highest BCUT2D eigenvalue weighted by Gasteiger charge is 2.00. The van der Waals surface area contributed by atoms with Gasteiger partial charge >= 0.3 is 0 Å². The van der Waals surface area contributed by atoms with Gasteiger partial charge in [-0.05, 0) is 12.1 Å². The molecular formula is C7H9FN2O. The minimum atomic E-state index is -0.346. The smallest absolute Gasteiger partial charge is 0.146 e. The molecule has 3 nitrogen and oxygen atoms in total. The predicted octanol–water partition coefficient (Wildman–Crippen LogP) is 1.12. The van der Waals surface area contributed by atoms with Crippen LogP contribution in [-0.4, -0.2) is 7.11 Å². The van der Waals surface area contributed by atoms with E-state index in [0.29, 0.717) is 11.4 Å². The zero-order valence-electron chi connectivity index (χ0n) is 6.10. The molecule has 0 heterocycles. The van der Waals surface area contributed by atoms with Crippen molar-refractivity contribution in [1.29, 1.82) is 0 Å². The first-order valence-corrected chi connectivity index (χ1v) is 3.08. The molecule has 0 spiro atoms. The Labute approximate surface area is 63.9 Å². The number of ether oxygens (including phenoxy) is 1. The molecule has 4 heteroatoms. The summed E-state index contributed by atoms with van der Waals surface area (Å²) in [6.45, 7) is 0. The maximum atomic E-state index is 12.5. The van der Waals surface area contributed by atoms with Gasteiger partial charge in [0.25, 0.3) is 0 Å². The average Bonchev–Trinajstić information content (AvgIpc) is 2.04. The van der Waals surface area contributed by atoms with Crippen LogP contribution < -0.4 is 16.0 Å². The van der Waals surface area contributed by atoms with Gasteiger partial charge in [-0.1, -0.05) is 0 Å². The van der Waals surface area contributed by atoms with E-state index in [1.54, 1.807) is 0 Å². The maximum absolute atomic E-state index is 12.5. The van der Waals surface area contributed by atoms with Crippen LogP contribution in [0.3, 0.4) is 0 Å². The van der Waals surface area contributed by atoms with Gasteiger partial charge in [-0.3, -0.25) is 5.84 Å². The number of methoxy groups -OCH3 is 1. The maximum Gasteiger partial charge on any atom is 0.146 e. The van der Waals surface area contributed by atoms with Crippen molar-refractivity contribution in [3.8, 4) is 5.75 Å². The molecule has 0 amide bonds. The lowest BCUT2D eigenvalue weighted by Crippen LogP contribution is -2.08. The number of nitrogen functional groups attached to an aromatic ring is 1. The number of nitrogens with one attached hydrogen (secondary N) is 1. The molecule has 60 valence electrons. The minimum absolute atomic E-state index is 0.346. The molecular weight excluding hydrogens is 147 g/mol. The van der Waals surface area contributed by atoms with Crippen LogP contribution in [-0.2, 0) is 0 Å². The molecule has 0 aliphatic heterocycles. The second-order valence-electron chi connectivity index (χ2n) is 1.99. The number of benzene rings is 1. The summed E-state index contributed by atoms with van der Waals surface area (Å²) in [5, 5.41) is 0. The fourth-order valence-electron chi connectivity index (χ4n) is 0.784. The fraction of sp³-hybridized carbons (Fsp3) is 0.143. The van der Waals surface area contributed by atoms with Crippen LogP contribution in [0.5, 0.6) is 5.75 Å². The van der Waals surface area contributed by atoms with Crippen molar-refractivity contribution in [3.05, 3.63) is 24.0 Å². The Morgan fingerprint density at radius 3 is 2.82 bits per heavy atom. The second-order valence-corrected chi connectivity index (χ2v) is 1.99. The van der Waals surface area contributed by atoms with Gasteiger partial charge in [-0.25, -0.2) is 4.39 Å². The summed E-state index contributed by atoms with van der Waals surface area (Å²) in [4.78, 5) is 0. The van der Waals surface area contributed by atoms with Crippen molar-refractivity contribution in [2.24, 2.45) is 5.84 Å². The van der Waals surface area contributed by atoms with Crippen LogP contribution in [0, 0.1) is 5.82 Å². The Hall–Kier alpha value is -1.29. The highest BCUT2D eigenvalue weighted by atomic mass is 19.1. The summed E-state index contributed by atoms with van der Waals surface area (Å²) >= 11 is 0. The van der Waals surface area contributed by atoms with Crippen LogP contribution in [0.1, 0.15) is 0 Å². The van der Waals surface area contributed by atoms with Crippen LogP contribution in [0.15, 0.2) is 18.2 Å². The van der Waals surface area contributed by atoms with Crippen molar-refractivity contribution in [3.63, 3.8) is 0 Å². The van der Waals surface area contributed by atoms with Crippen molar-refractivity contribution in [2.45, 2.75) is 0 Å². The summed E-state index contributed by atoms with van der Waals surface area (Å²) in [6.07, 6.45) is 0. The van der Waals surface area contributed by atoms with Crippen molar-refractivity contribution < 1.29 is 9.13 Å². The molecule has 0 fully saturated rings. The predicted molar refractivity (Wildman–Crippen MR) is 40.8 cm³/mol. The summed E-state index contributed by atoms with van der Waals surface area (Å²) in [7, 11) is 1.45. The molecule has 0 bridgehead atoms. The van der Waals surface area contributed by atoms with Gasteiger partial charge < -0.3 is 10.2 Å². The third-order valence-corrected chi connectivity index (χ3v) is 1.32. The number of rotatable bonds is 2. The number of hydrazine groups is 1. The van der Waals surface area contributed by atoms with E-state index in [2.05, 4.69) is 5.43 Å². The Bertz CT molecular complexity index is 252. The summed E-state index contributed by atoms with van der Waals surface area (Å²) in [5.41, 5.74) is 2.95. The molecule has 1 rings (SSSR count). The van der Waals surface area contributed by atoms with Gasteiger partial charge in [0.05, 0.1) is 12.8 Å². The summed E-state index contributed by atoms with van der Waals surface area (Å²) in [6, 6.07) is 4.07.